The number of hydrogen-bond donors (Lipinski definition) is 0. The summed E-state index contributed by atoms with van der Waals surface area (Å²) >= 11 is 7.60. The number of alkyl halides is 1. The summed E-state index contributed by atoms with van der Waals surface area (Å²) in [6.07, 6.45) is 1.10. The fourth-order valence-electron chi connectivity index (χ4n) is 1.45. The van der Waals surface area contributed by atoms with Crippen molar-refractivity contribution in [2.24, 2.45) is 0 Å². The van der Waals surface area contributed by atoms with E-state index in [1.807, 2.05) is 11.8 Å². The number of benzene rings is 1. The molecule has 0 fully saturated rings. The first-order valence-corrected chi connectivity index (χ1v) is 7.46. The summed E-state index contributed by atoms with van der Waals surface area (Å²) in [5, 5.41) is 0. The van der Waals surface area contributed by atoms with Crippen LogP contribution in [0, 0.1) is 0 Å². The molecule has 0 spiro atoms. The Hall–Kier alpha value is -0.140. The molecular formula is C14H21ClS. The summed E-state index contributed by atoms with van der Waals surface area (Å²) in [6, 6.07) is 8.98. The molecule has 0 radical (unpaired) electrons. The van der Waals surface area contributed by atoms with Gasteiger partial charge in [0.1, 0.15) is 0 Å². The molecule has 1 aromatic rings. The van der Waals surface area contributed by atoms with Crippen LogP contribution < -0.4 is 0 Å². The van der Waals surface area contributed by atoms with E-state index in [0.717, 1.165) is 23.8 Å². The zero-order chi connectivity index (χ0) is 12.0. The molecule has 2 heteroatoms. The van der Waals surface area contributed by atoms with Crippen molar-refractivity contribution in [1.29, 1.82) is 0 Å². The lowest BCUT2D eigenvalue weighted by atomic mass is 9.87. The lowest BCUT2D eigenvalue weighted by Crippen LogP contribution is -2.10. The second kappa shape index (κ2) is 6.56. The zero-order valence-corrected chi connectivity index (χ0v) is 12.0. The predicted octanol–water partition coefficient (Wildman–Crippen LogP) is 4.85. The van der Waals surface area contributed by atoms with Gasteiger partial charge in [-0.2, -0.15) is 11.8 Å². The molecule has 0 aliphatic heterocycles. The summed E-state index contributed by atoms with van der Waals surface area (Å²) in [4.78, 5) is 0. The Balaban J connectivity index is 2.46. The molecule has 0 bridgehead atoms. The topological polar surface area (TPSA) is 0 Å². The summed E-state index contributed by atoms with van der Waals surface area (Å²) in [5.74, 6) is 3.03. The molecule has 16 heavy (non-hydrogen) atoms. The third-order valence-electron chi connectivity index (χ3n) is 2.51. The average Bonchev–Trinajstić information content (AvgIpc) is 2.24. The fourth-order valence-corrected chi connectivity index (χ4v) is 2.66. The smallest absolute Gasteiger partial charge is 0.0231 e. The second-order valence-corrected chi connectivity index (χ2v) is 6.53. The molecule has 1 aromatic carbocycles. The van der Waals surface area contributed by atoms with Gasteiger partial charge in [0.25, 0.3) is 0 Å². The predicted molar refractivity (Wildman–Crippen MR) is 76.6 cm³/mol. The maximum absolute atomic E-state index is 5.64. The third-order valence-corrected chi connectivity index (χ3v) is 3.89. The highest BCUT2D eigenvalue weighted by molar-refractivity contribution is 7.98. The normalized spacial score (nSPS) is 11.8. The SMILES string of the molecule is CC(C)(C)c1ccc(CSCCCCl)cc1. The van der Waals surface area contributed by atoms with E-state index in [-0.39, 0.29) is 5.41 Å². The highest BCUT2D eigenvalue weighted by Gasteiger charge is 2.12. The van der Waals surface area contributed by atoms with Crippen molar-refractivity contribution in [1.82, 2.24) is 0 Å². The maximum atomic E-state index is 5.64. The second-order valence-electron chi connectivity index (χ2n) is 5.04. The van der Waals surface area contributed by atoms with Crippen LogP contribution in [0.2, 0.25) is 0 Å². The van der Waals surface area contributed by atoms with Crippen molar-refractivity contribution in [3.63, 3.8) is 0 Å². The van der Waals surface area contributed by atoms with E-state index in [1.54, 1.807) is 0 Å². The molecule has 0 unspecified atom stereocenters. The molecule has 0 N–H and O–H groups in total. The Bertz CT molecular complexity index is 298. The quantitative estimate of drug-likeness (QED) is 0.536. The molecule has 0 amide bonds. The van der Waals surface area contributed by atoms with Crippen LogP contribution in [-0.4, -0.2) is 11.6 Å². The molecule has 0 aromatic heterocycles. The van der Waals surface area contributed by atoms with Crippen LogP contribution in [-0.2, 0) is 11.2 Å². The minimum absolute atomic E-state index is 0.254. The van der Waals surface area contributed by atoms with Gasteiger partial charge in [-0.1, -0.05) is 45.0 Å². The molecule has 0 heterocycles. The van der Waals surface area contributed by atoms with Crippen LogP contribution in [0.25, 0.3) is 0 Å². The number of halogens is 1. The lowest BCUT2D eigenvalue weighted by Gasteiger charge is -2.19. The fraction of sp³-hybridized carbons (Fsp3) is 0.571. The molecule has 0 nitrogen and oxygen atoms in total. The average molecular weight is 257 g/mol. The Morgan fingerprint density at radius 1 is 1.12 bits per heavy atom. The van der Waals surface area contributed by atoms with Crippen molar-refractivity contribution in [2.45, 2.75) is 38.4 Å². The molecule has 0 atom stereocenters. The van der Waals surface area contributed by atoms with Gasteiger partial charge >= 0.3 is 0 Å². The third kappa shape index (κ3) is 4.80. The Labute approximate surface area is 109 Å². The van der Waals surface area contributed by atoms with Crippen LogP contribution in [0.3, 0.4) is 0 Å². The van der Waals surface area contributed by atoms with E-state index in [1.165, 1.54) is 11.1 Å². The Kier molecular flexibility index (Phi) is 5.71. The maximum Gasteiger partial charge on any atom is 0.0231 e. The van der Waals surface area contributed by atoms with Gasteiger partial charge in [0.2, 0.25) is 0 Å². The van der Waals surface area contributed by atoms with Crippen LogP contribution >= 0.6 is 23.4 Å². The van der Waals surface area contributed by atoms with Gasteiger partial charge in [-0.15, -0.1) is 11.6 Å². The van der Waals surface area contributed by atoms with E-state index < -0.39 is 0 Å². The molecule has 0 saturated carbocycles. The van der Waals surface area contributed by atoms with Gasteiger partial charge in [-0.3, -0.25) is 0 Å². The first-order valence-electron chi connectivity index (χ1n) is 5.77. The van der Waals surface area contributed by atoms with Gasteiger partial charge in [-0.25, -0.2) is 0 Å². The molecule has 90 valence electrons. The Morgan fingerprint density at radius 2 is 1.75 bits per heavy atom. The van der Waals surface area contributed by atoms with Crippen molar-refractivity contribution in [3.8, 4) is 0 Å². The lowest BCUT2D eigenvalue weighted by molar-refractivity contribution is 0.590. The monoisotopic (exact) mass is 256 g/mol. The first-order chi connectivity index (χ1) is 7.54. The number of thioether (sulfide) groups is 1. The van der Waals surface area contributed by atoms with Crippen molar-refractivity contribution in [3.05, 3.63) is 35.4 Å². The standard InChI is InChI=1S/C14H21ClS/c1-14(2,3)13-7-5-12(6-8-13)11-16-10-4-9-15/h5-8H,4,9-11H2,1-3H3. The van der Waals surface area contributed by atoms with E-state index >= 15 is 0 Å². The minimum Gasteiger partial charge on any atom is -0.157 e. The number of rotatable bonds is 5. The highest BCUT2D eigenvalue weighted by Crippen LogP contribution is 2.23. The molecule has 1 rings (SSSR count). The van der Waals surface area contributed by atoms with Crippen LogP contribution in [0.15, 0.2) is 24.3 Å². The van der Waals surface area contributed by atoms with Crippen LogP contribution in [0.4, 0.5) is 0 Å². The van der Waals surface area contributed by atoms with Gasteiger partial charge in [0.05, 0.1) is 0 Å². The van der Waals surface area contributed by atoms with E-state index in [9.17, 15) is 0 Å². The van der Waals surface area contributed by atoms with E-state index in [4.69, 9.17) is 11.6 Å². The summed E-state index contributed by atoms with van der Waals surface area (Å²) in [5.41, 5.74) is 3.07. The summed E-state index contributed by atoms with van der Waals surface area (Å²) < 4.78 is 0. The van der Waals surface area contributed by atoms with Crippen LogP contribution in [0.1, 0.15) is 38.3 Å². The van der Waals surface area contributed by atoms with E-state index in [2.05, 4.69) is 45.0 Å². The minimum atomic E-state index is 0.254. The first kappa shape index (κ1) is 13.9. The summed E-state index contributed by atoms with van der Waals surface area (Å²) in [6.45, 7) is 6.74. The van der Waals surface area contributed by atoms with Crippen molar-refractivity contribution in [2.75, 3.05) is 11.6 Å². The molecule has 0 aliphatic carbocycles. The highest BCUT2D eigenvalue weighted by atomic mass is 35.5. The van der Waals surface area contributed by atoms with Gasteiger partial charge in [0, 0.05) is 11.6 Å². The number of hydrogen-bond acceptors (Lipinski definition) is 1. The summed E-state index contributed by atoms with van der Waals surface area (Å²) in [7, 11) is 0. The van der Waals surface area contributed by atoms with Gasteiger partial charge in [0.15, 0.2) is 0 Å². The molecular weight excluding hydrogens is 236 g/mol. The Morgan fingerprint density at radius 3 is 2.25 bits per heavy atom. The van der Waals surface area contributed by atoms with Crippen molar-refractivity contribution < 1.29 is 0 Å². The van der Waals surface area contributed by atoms with Crippen molar-refractivity contribution >= 4 is 23.4 Å². The zero-order valence-electron chi connectivity index (χ0n) is 10.4. The molecule has 0 aliphatic rings. The largest absolute Gasteiger partial charge is 0.157 e. The van der Waals surface area contributed by atoms with E-state index in [0.29, 0.717) is 0 Å². The molecule has 0 saturated heterocycles. The van der Waals surface area contributed by atoms with Gasteiger partial charge < -0.3 is 0 Å². The van der Waals surface area contributed by atoms with Gasteiger partial charge in [-0.05, 0) is 28.7 Å². The van der Waals surface area contributed by atoms with Crippen LogP contribution in [0.5, 0.6) is 0 Å².